The Bertz CT molecular complexity index is 14.4. The Labute approximate surface area is 44.6 Å². The van der Waals surface area contributed by atoms with Crippen molar-refractivity contribution < 1.29 is 25.8 Å². The Hall–Kier alpha value is 0.700. The number of rotatable bonds is 2. The molecular formula is C3H7OTa. The number of ether oxygens (including phenoxy) is 1. The van der Waals surface area contributed by atoms with Crippen LogP contribution in [-0.2, 0) is 25.8 Å². The van der Waals surface area contributed by atoms with Crippen molar-refractivity contribution in [2.75, 3.05) is 11.4 Å². The second-order valence-corrected chi connectivity index (χ2v) is 1.55. The summed E-state index contributed by atoms with van der Waals surface area (Å²) in [5.41, 5.74) is 0. The zero-order valence-corrected chi connectivity index (χ0v) is 6.48. The predicted molar refractivity (Wildman–Crippen MR) is 16.5 cm³/mol. The summed E-state index contributed by atoms with van der Waals surface area (Å²) in [4.78, 5) is 0.955. The molecule has 0 atom stereocenters. The standard InChI is InChI=1S/C3H7O.Ta/c1-3-4-2;/h2-3H2,1H3;. The molecular weight excluding hydrogens is 233 g/mol. The van der Waals surface area contributed by atoms with Crippen molar-refractivity contribution in [3.63, 3.8) is 0 Å². The first-order chi connectivity index (χ1) is 2.41. The van der Waals surface area contributed by atoms with Crippen LogP contribution < -0.4 is 0 Å². The molecule has 0 aliphatic carbocycles. The molecule has 0 aliphatic heterocycles. The molecule has 0 spiro atoms. The van der Waals surface area contributed by atoms with E-state index in [0.717, 1.165) is 11.4 Å². The van der Waals surface area contributed by atoms with Crippen molar-refractivity contribution in [3.8, 4) is 0 Å². The van der Waals surface area contributed by atoms with E-state index in [4.69, 9.17) is 4.74 Å². The van der Waals surface area contributed by atoms with Gasteiger partial charge in [-0.25, -0.2) is 0 Å². The molecule has 0 bridgehead atoms. The quantitative estimate of drug-likeness (QED) is 0.684. The average molecular weight is 240 g/mol. The Morgan fingerprint density at radius 3 is 2.40 bits per heavy atom. The van der Waals surface area contributed by atoms with E-state index in [0.29, 0.717) is 0 Å². The molecule has 0 radical (unpaired) electrons. The van der Waals surface area contributed by atoms with E-state index >= 15 is 0 Å². The summed E-state index contributed by atoms with van der Waals surface area (Å²) in [6, 6.07) is 0. The van der Waals surface area contributed by atoms with Crippen LogP contribution in [0.1, 0.15) is 6.92 Å². The Morgan fingerprint density at radius 1 is 1.80 bits per heavy atom. The van der Waals surface area contributed by atoms with Gasteiger partial charge in [0.1, 0.15) is 0 Å². The van der Waals surface area contributed by atoms with Gasteiger partial charge in [0.05, 0.1) is 0 Å². The Morgan fingerprint density at radius 2 is 2.40 bits per heavy atom. The first-order valence-electron chi connectivity index (χ1n) is 1.60. The first kappa shape index (κ1) is 5.70. The molecule has 0 saturated carbocycles. The summed E-state index contributed by atoms with van der Waals surface area (Å²) in [6.45, 7) is 2.88. The molecule has 0 amide bonds. The Balaban J connectivity index is 2.19. The number of hydrogen-bond acceptors (Lipinski definition) is 1. The summed E-state index contributed by atoms with van der Waals surface area (Å²) < 4.78 is 4.88. The maximum atomic E-state index is 4.88. The van der Waals surface area contributed by atoms with Gasteiger partial charge < -0.3 is 0 Å². The molecule has 2 heteroatoms. The van der Waals surface area contributed by atoms with E-state index in [1.165, 1.54) is 21.1 Å². The Kier molecular flexibility index (Phi) is 5.36. The van der Waals surface area contributed by atoms with Crippen LogP contribution in [0.15, 0.2) is 0 Å². The summed E-state index contributed by atoms with van der Waals surface area (Å²) >= 11 is 1.34. The zero-order valence-electron chi connectivity index (χ0n) is 3.27. The van der Waals surface area contributed by atoms with Gasteiger partial charge >= 0.3 is 44.2 Å². The summed E-state index contributed by atoms with van der Waals surface area (Å²) in [5, 5.41) is 0. The molecule has 0 unspecified atom stereocenters. The van der Waals surface area contributed by atoms with Gasteiger partial charge in [-0.15, -0.1) is 0 Å². The second-order valence-electron chi connectivity index (χ2n) is 0.622. The van der Waals surface area contributed by atoms with Crippen LogP contribution >= 0.6 is 0 Å². The van der Waals surface area contributed by atoms with Crippen LogP contribution in [0.5, 0.6) is 0 Å². The minimum absolute atomic E-state index is 0.872. The van der Waals surface area contributed by atoms with E-state index in [9.17, 15) is 0 Å². The minimum atomic E-state index is 0.872. The molecule has 1 nitrogen and oxygen atoms in total. The van der Waals surface area contributed by atoms with Crippen molar-refractivity contribution in [1.82, 2.24) is 0 Å². The fraction of sp³-hybridized carbons (Fsp3) is 1.00. The first-order valence-corrected chi connectivity index (χ1v) is 3.87. The van der Waals surface area contributed by atoms with Crippen LogP contribution in [0.25, 0.3) is 0 Å². The van der Waals surface area contributed by atoms with Gasteiger partial charge in [-0.1, -0.05) is 0 Å². The normalized spacial score (nSPS) is 8.20. The van der Waals surface area contributed by atoms with Crippen molar-refractivity contribution >= 4 is 0 Å². The fourth-order valence-electron chi connectivity index (χ4n) is 0.0913. The molecule has 0 aromatic carbocycles. The van der Waals surface area contributed by atoms with E-state index in [2.05, 4.69) is 0 Å². The van der Waals surface area contributed by atoms with E-state index in [1.807, 2.05) is 6.92 Å². The topological polar surface area (TPSA) is 9.23 Å². The molecule has 5 heavy (non-hydrogen) atoms. The molecule has 0 aromatic rings. The molecule has 0 N–H and O–H groups in total. The third-order valence-electron chi connectivity index (χ3n) is 0.295. The van der Waals surface area contributed by atoms with Gasteiger partial charge in [0.2, 0.25) is 0 Å². The molecule has 30 valence electrons. The van der Waals surface area contributed by atoms with Gasteiger partial charge in [0.15, 0.2) is 0 Å². The molecule has 0 fully saturated rings. The molecule has 0 heterocycles. The van der Waals surface area contributed by atoms with E-state index in [-0.39, 0.29) is 0 Å². The summed E-state index contributed by atoms with van der Waals surface area (Å²) in [7, 11) is 0. The summed E-state index contributed by atoms with van der Waals surface area (Å²) in [5.74, 6) is 0. The number of hydrogen-bond donors (Lipinski definition) is 0. The predicted octanol–water partition coefficient (Wildman–Crippen LogP) is 0.527. The van der Waals surface area contributed by atoms with Crippen LogP contribution in [0.4, 0.5) is 0 Å². The van der Waals surface area contributed by atoms with Crippen molar-refractivity contribution in [2.45, 2.75) is 6.92 Å². The summed E-state index contributed by atoms with van der Waals surface area (Å²) in [6.07, 6.45) is 0. The fourth-order valence-corrected chi connectivity index (χ4v) is 0.747. The van der Waals surface area contributed by atoms with Crippen LogP contribution in [0.2, 0.25) is 0 Å². The zero-order chi connectivity index (χ0) is 4.12. The van der Waals surface area contributed by atoms with Gasteiger partial charge in [0, 0.05) is 0 Å². The van der Waals surface area contributed by atoms with Gasteiger partial charge in [-0.05, 0) is 0 Å². The monoisotopic (exact) mass is 240 g/mol. The van der Waals surface area contributed by atoms with Crippen molar-refractivity contribution in [3.05, 3.63) is 0 Å². The van der Waals surface area contributed by atoms with Crippen LogP contribution in [0.3, 0.4) is 0 Å². The maximum absolute atomic E-state index is 4.88. The molecule has 0 saturated heterocycles. The molecule has 0 aromatic heterocycles. The molecule has 0 aliphatic rings. The second kappa shape index (κ2) is 4.70. The van der Waals surface area contributed by atoms with Crippen LogP contribution in [0, 0.1) is 0 Å². The third-order valence-corrected chi connectivity index (χ3v) is 0.951. The van der Waals surface area contributed by atoms with Crippen LogP contribution in [-0.4, -0.2) is 11.4 Å². The van der Waals surface area contributed by atoms with Crippen molar-refractivity contribution in [2.24, 2.45) is 0 Å². The van der Waals surface area contributed by atoms with Gasteiger partial charge in [-0.3, -0.25) is 0 Å². The third kappa shape index (κ3) is 4.70. The van der Waals surface area contributed by atoms with Gasteiger partial charge in [0.25, 0.3) is 0 Å². The average Bonchev–Trinajstić information content (AvgIpc) is 1.41. The van der Waals surface area contributed by atoms with E-state index in [1.54, 1.807) is 0 Å². The SMILES string of the molecule is CCO[CH2][Ta]. The van der Waals surface area contributed by atoms with E-state index < -0.39 is 0 Å². The molecule has 0 rings (SSSR count). The van der Waals surface area contributed by atoms with Crippen molar-refractivity contribution in [1.29, 1.82) is 0 Å². The van der Waals surface area contributed by atoms with Gasteiger partial charge in [-0.2, -0.15) is 0 Å².